The van der Waals surface area contributed by atoms with Crippen molar-refractivity contribution in [2.45, 2.75) is 6.04 Å². The molecule has 3 N–H and O–H groups in total. The molecule has 74 valence electrons. The van der Waals surface area contributed by atoms with E-state index < -0.39 is 0 Å². The minimum atomic E-state index is -0.218. The van der Waals surface area contributed by atoms with Crippen LogP contribution in [0, 0.1) is 0 Å². The lowest BCUT2D eigenvalue weighted by molar-refractivity contribution is 0.247. The van der Waals surface area contributed by atoms with Gasteiger partial charge in [0, 0.05) is 17.1 Å². The highest BCUT2D eigenvalue weighted by atomic mass is 35.5. The Morgan fingerprint density at radius 1 is 1.50 bits per heavy atom. The highest BCUT2D eigenvalue weighted by Gasteiger charge is 2.23. The molecule has 1 aliphatic heterocycles. The molecule has 14 heavy (non-hydrogen) atoms. The molecule has 1 aliphatic rings. The second-order valence-electron chi connectivity index (χ2n) is 3.11. The van der Waals surface area contributed by atoms with Crippen LogP contribution >= 0.6 is 11.6 Å². The Hall–Kier alpha value is -1.42. The molecule has 1 unspecified atom stereocenters. The number of aromatic hydroxyl groups is 1. The number of phenols is 1. The summed E-state index contributed by atoms with van der Waals surface area (Å²) in [5.41, 5.74) is 0.674. The van der Waals surface area contributed by atoms with E-state index in [0.29, 0.717) is 17.1 Å². The van der Waals surface area contributed by atoms with E-state index in [0.717, 1.165) is 0 Å². The Kier molecular flexibility index (Phi) is 2.21. The molecule has 1 heterocycles. The van der Waals surface area contributed by atoms with E-state index in [4.69, 9.17) is 11.6 Å². The zero-order valence-corrected chi connectivity index (χ0v) is 8.01. The van der Waals surface area contributed by atoms with E-state index in [9.17, 15) is 9.90 Å². The van der Waals surface area contributed by atoms with E-state index in [-0.39, 0.29) is 17.8 Å². The molecule has 0 bridgehead atoms. The van der Waals surface area contributed by atoms with Crippen LogP contribution in [0.3, 0.4) is 0 Å². The van der Waals surface area contributed by atoms with Crippen molar-refractivity contribution < 1.29 is 9.90 Å². The maximum absolute atomic E-state index is 10.9. The molecule has 0 aliphatic carbocycles. The fourth-order valence-corrected chi connectivity index (χ4v) is 1.62. The van der Waals surface area contributed by atoms with Crippen LogP contribution in [0.25, 0.3) is 0 Å². The smallest absolute Gasteiger partial charge is 0.315 e. The van der Waals surface area contributed by atoms with Gasteiger partial charge in [0.1, 0.15) is 5.75 Å². The summed E-state index contributed by atoms with van der Waals surface area (Å²) in [5.74, 6) is 0.103. The van der Waals surface area contributed by atoms with E-state index in [2.05, 4.69) is 10.6 Å². The van der Waals surface area contributed by atoms with Crippen molar-refractivity contribution in [3.05, 3.63) is 28.8 Å². The summed E-state index contributed by atoms with van der Waals surface area (Å²) in [6.45, 7) is 0.480. The average Bonchev–Trinajstić information content (AvgIpc) is 2.51. The van der Waals surface area contributed by atoms with E-state index in [1.807, 2.05) is 0 Å². The molecule has 5 heteroatoms. The minimum absolute atomic E-state index is 0.103. The lowest BCUT2D eigenvalue weighted by Crippen LogP contribution is -2.21. The number of hydrogen-bond donors (Lipinski definition) is 3. The maximum atomic E-state index is 10.9. The first-order valence-electron chi connectivity index (χ1n) is 4.19. The van der Waals surface area contributed by atoms with Gasteiger partial charge in [-0.05, 0) is 12.1 Å². The normalized spacial score (nSPS) is 20.4. The Morgan fingerprint density at radius 3 is 2.86 bits per heavy atom. The lowest BCUT2D eigenvalue weighted by atomic mass is 10.1. The van der Waals surface area contributed by atoms with Gasteiger partial charge in [0.05, 0.1) is 6.04 Å². The largest absolute Gasteiger partial charge is 0.508 e. The molecule has 0 spiro atoms. The van der Waals surface area contributed by atoms with Crippen LogP contribution in [0.4, 0.5) is 4.79 Å². The molecular formula is C9H9ClN2O2. The summed E-state index contributed by atoms with van der Waals surface area (Å²) >= 11 is 5.69. The van der Waals surface area contributed by atoms with Crippen molar-refractivity contribution >= 4 is 17.6 Å². The Bertz CT molecular complexity index is 381. The fourth-order valence-electron chi connectivity index (χ4n) is 1.45. The predicted molar refractivity (Wildman–Crippen MR) is 52.4 cm³/mol. The Labute approximate surface area is 85.9 Å². The quantitative estimate of drug-likeness (QED) is 0.659. The molecule has 0 aromatic heterocycles. The van der Waals surface area contributed by atoms with Crippen molar-refractivity contribution in [2.24, 2.45) is 0 Å². The first-order chi connectivity index (χ1) is 6.66. The van der Waals surface area contributed by atoms with Gasteiger partial charge in [-0.3, -0.25) is 0 Å². The zero-order chi connectivity index (χ0) is 10.1. The van der Waals surface area contributed by atoms with Gasteiger partial charge in [0.15, 0.2) is 0 Å². The number of rotatable bonds is 1. The van der Waals surface area contributed by atoms with Crippen LogP contribution in [-0.4, -0.2) is 17.7 Å². The molecule has 1 atom stereocenters. The predicted octanol–water partition coefficient (Wildman–Crippen LogP) is 1.40. The van der Waals surface area contributed by atoms with E-state index in [1.54, 1.807) is 12.1 Å². The highest BCUT2D eigenvalue weighted by molar-refractivity contribution is 6.30. The molecule has 2 rings (SSSR count). The third-order valence-corrected chi connectivity index (χ3v) is 2.38. The third kappa shape index (κ3) is 1.61. The monoisotopic (exact) mass is 212 g/mol. The third-order valence-electron chi connectivity index (χ3n) is 2.14. The summed E-state index contributed by atoms with van der Waals surface area (Å²) in [5, 5.41) is 15.3. The summed E-state index contributed by atoms with van der Waals surface area (Å²) < 4.78 is 0. The number of nitrogens with one attached hydrogen (secondary N) is 2. The van der Waals surface area contributed by atoms with Crippen LogP contribution in [-0.2, 0) is 0 Å². The van der Waals surface area contributed by atoms with Crippen LogP contribution in [0.2, 0.25) is 5.02 Å². The summed E-state index contributed by atoms with van der Waals surface area (Å²) in [6.07, 6.45) is 0. The first-order valence-corrected chi connectivity index (χ1v) is 4.57. The van der Waals surface area contributed by atoms with Gasteiger partial charge in [-0.15, -0.1) is 0 Å². The van der Waals surface area contributed by atoms with Gasteiger partial charge in [-0.2, -0.15) is 0 Å². The maximum Gasteiger partial charge on any atom is 0.315 e. The molecule has 1 aromatic carbocycles. The van der Waals surface area contributed by atoms with E-state index in [1.165, 1.54) is 6.07 Å². The standard InChI is InChI=1S/C9H9ClN2O2/c10-5-1-2-6(8(13)3-5)7-4-11-9(14)12-7/h1-3,7,13H,4H2,(H2,11,12,14). The second kappa shape index (κ2) is 3.38. The van der Waals surface area contributed by atoms with Crippen molar-refractivity contribution in [3.63, 3.8) is 0 Å². The molecule has 0 saturated carbocycles. The minimum Gasteiger partial charge on any atom is -0.508 e. The van der Waals surface area contributed by atoms with Crippen LogP contribution in [0.1, 0.15) is 11.6 Å². The van der Waals surface area contributed by atoms with Crippen molar-refractivity contribution in [1.29, 1.82) is 0 Å². The number of urea groups is 1. The molecule has 2 amide bonds. The van der Waals surface area contributed by atoms with Gasteiger partial charge >= 0.3 is 6.03 Å². The van der Waals surface area contributed by atoms with Crippen molar-refractivity contribution in [2.75, 3.05) is 6.54 Å². The molecule has 1 aromatic rings. The number of carbonyl (C=O) groups is 1. The first kappa shape index (κ1) is 9.15. The lowest BCUT2D eigenvalue weighted by Gasteiger charge is -2.10. The van der Waals surface area contributed by atoms with Crippen LogP contribution in [0.5, 0.6) is 5.75 Å². The zero-order valence-electron chi connectivity index (χ0n) is 7.25. The average molecular weight is 213 g/mol. The van der Waals surface area contributed by atoms with Crippen molar-refractivity contribution in [1.82, 2.24) is 10.6 Å². The molecule has 4 nitrogen and oxygen atoms in total. The van der Waals surface area contributed by atoms with Gasteiger partial charge in [0.25, 0.3) is 0 Å². The summed E-state index contributed by atoms with van der Waals surface area (Å²) in [6, 6.07) is 4.45. The fraction of sp³-hybridized carbons (Fsp3) is 0.222. The highest BCUT2D eigenvalue weighted by Crippen LogP contribution is 2.28. The Morgan fingerprint density at radius 2 is 2.29 bits per heavy atom. The topological polar surface area (TPSA) is 61.4 Å². The second-order valence-corrected chi connectivity index (χ2v) is 3.55. The van der Waals surface area contributed by atoms with Crippen LogP contribution in [0.15, 0.2) is 18.2 Å². The SMILES string of the molecule is O=C1NCC(c2ccc(Cl)cc2O)N1. The van der Waals surface area contributed by atoms with Crippen molar-refractivity contribution in [3.8, 4) is 5.75 Å². The molecule has 0 radical (unpaired) electrons. The van der Waals surface area contributed by atoms with Gasteiger partial charge in [-0.25, -0.2) is 4.79 Å². The number of amides is 2. The molecular weight excluding hydrogens is 204 g/mol. The number of phenolic OH excluding ortho intramolecular Hbond substituents is 1. The summed E-state index contributed by atoms with van der Waals surface area (Å²) in [7, 11) is 0. The van der Waals surface area contributed by atoms with Gasteiger partial charge in [0.2, 0.25) is 0 Å². The Balaban J connectivity index is 2.28. The van der Waals surface area contributed by atoms with Gasteiger partial charge < -0.3 is 15.7 Å². The van der Waals surface area contributed by atoms with Gasteiger partial charge in [-0.1, -0.05) is 17.7 Å². The number of halogens is 1. The number of hydrogen-bond acceptors (Lipinski definition) is 2. The van der Waals surface area contributed by atoms with E-state index >= 15 is 0 Å². The number of benzene rings is 1. The molecule has 1 fully saturated rings. The van der Waals surface area contributed by atoms with Crippen LogP contribution < -0.4 is 10.6 Å². The number of carbonyl (C=O) groups excluding carboxylic acids is 1. The summed E-state index contributed by atoms with van der Waals surface area (Å²) in [4.78, 5) is 10.9. The molecule has 1 saturated heterocycles.